The van der Waals surface area contributed by atoms with Crippen LogP contribution < -0.4 is 16.0 Å². The number of fused-ring (bicyclic) bond motifs is 2. The molecule has 1 fully saturated rings. The van der Waals surface area contributed by atoms with Gasteiger partial charge >= 0.3 is 18.2 Å². The molecule has 39 heavy (non-hydrogen) atoms. The van der Waals surface area contributed by atoms with Crippen molar-refractivity contribution in [3.8, 4) is 0 Å². The SMILES string of the molecule is CNC(=O)Nc1cc2c(cc1F)C1(CC2)NC(=O)N(CC(=O)N(Cc2ccc(F)cc2)[C@@H](C)C(F)(F)F)C1=O. The summed E-state index contributed by atoms with van der Waals surface area (Å²) in [6.45, 7) is -0.791. The van der Waals surface area contributed by atoms with Crippen LogP contribution in [0.1, 0.15) is 30.0 Å². The quantitative estimate of drug-likeness (QED) is 0.376. The first-order chi connectivity index (χ1) is 18.3. The first-order valence-electron chi connectivity index (χ1n) is 11.8. The minimum absolute atomic E-state index is 0.0126. The zero-order valence-corrected chi connectivity index (χ0v) is 20.8. The number of nitrogens with one attached hydrogen (secondary N) is 3. The monoisotopic (exact) mass is 553 g/mol. The van der Waals surface area contributed by atoms with Crippen molar-refractivity contribution in [2.45, 2.75) is 44.1 Å². The van der Waals surface area contributed by atoms with Crippen molar-refractivity contribution >= 4 is 29.6 Å². The van der Waals surface area contributed by atoms with Gasteiger partial charge in [0.25, 0.3) is 5.91 Å². The van der Waals surface area contributed by atoms with Crippen molar-refractivity contribution < 1.29 is 41.1 Å². The molecule has 2 aliphatic rings. The van der Waals surface area contributed by atoms with Crippen LogP contribution in [0.3, 0.4) is 0 Å². The number of benzene rings is 2. The molecule has 6 amide bonds. The summed E-state index contributed by atoms with van der Waals surface area (Å²) in [5, 5.41) is 7.07. The maximum atomic E-state index is 14.8. The van der Waals surface area contributed by atoms with Crippen molar-refractivity contribution in [2.75, 3.05) is 18.9 Å². The fourth-order valence-electron chi connectivity index (χ4n) is 4.71. The lowest BCUT2D eigenvalue weighted by molar-refractivity contribution is -0.187. The predicted molar refractivity (Wildman–Crippen MR) is 127 cm³/mol. The van der Waals surface area contributed by atoms with Crippen LogP contribution in [0.2, 0.25) is 0 Å². The highest BCUT2D eigenvalue weighted by Gasteiger charge is 2.56. The number of amides is 6. The Morgan fingerprint density at radius 1 is 1.15 bits per heavy atom. The molecule has 2 atom stereocenters. The van der Waals surface area contributed by atoms with Crippen molar-refractivity contribution in [3.63, 3.8) is 0 Å². The largest absolute Gasteiger partial charge is 0.408 e. The Balaban J connectivity index is 1.59. The highest BCUT2D eigenvalue weighted by Crippen LogP contribution is 2.43. The summed E-state index contributed by atoms with van der Waals surface area (Å²) in [5.41, 5.74) is -1.06. The number of aryl methyl sites for hydroxylation is 1. The van der Waals surface area contributed by atoms with E-state index >= 15 is 0 Å². The zero-order valence-electron chi connectivity index (χ0n) is 20.8. The number of alkyl halides is 3. The third-order valence-electron chi connectivity index (χ3n) is 6.89. The summed E-state index contributed by atoms with van der Waals surface area (Å²) in [7, 11) is 1.34. The number of anilines is 1. The number of carbonyl (C=O) groups excluding carboxylic acids is 4. The van der Waals surface area contributed by atoms with E-state index in [2.05, 4.69) is 16.0 Å². The third kappa shape index (κ3) is 5.22. The summed E-state index contributed by atoms with van der Waals surface area (Å²) in [5.74, 6) is -3.57. The van der Waals surface area contributed by atoms with E-state index in [9.17, 15) is 41.1 Å². The van der Waals surface area contributed by atoms with E-state index in [1.165, 1.54) is 25.2 Å². The lowest BCUT2D eigenvalue weighted by Gasteiger charge is -2.32. The summed E-state index contributed by atoms with van der Waals surface area (Å²) < 4.78 is 68.8. The molecule has 3 N–H and O–H groups in total. The molecule has 2 aromatic carbocycles. The van der Waals surface area contributed by atoms with Gasteiger partial charge in [-0.05, 0) is 60.7 Å². The molecule has 0 bridgehead atoms. The maximum Gasteiger partial charge on any atom is 0.408 e. The molecule has 1 heterocycles. The van der Waals surface area contributed by atoms with Crippen LogP contribution >= 0.6 is 0 Å². The normalized spacial score (nSPS) is 19.1. The highest BCUT2D eigenvalue weighted by molar-refractivity contribution is 6.10. The molecule has 9 nitrogen and oxygen atoms in total. The van der Waals surface area contributed by atoms with Gasteiger partial charge in [-0.1, -0.05) is 12.1 Å². The molecule has 1 saturated heterocycles. The molecule has 1 aliphatic carbocycles. The smallest absolute Gasteiger partial charge is 0.341 e. The second kappa shape index (κ2) is 10.2. The van der Waals surface area contributed by atoms with E-state index in [1.807, 2.05) is 0 Å². The van der Waals surface area contributed by atoms with Gasteiger partial charge in [-0.2, -0.15) is 13.2 Å². The Morgan fingerprint density at radius 2 is 1.82 bits per heavy atom. The van der Waals surface area contributed by atoms with Crippen LogP contribution in [0.4, 0.5) is 37.2 Å². The first-order valence-corrected chi connectivity index (χ1v) is 11.8. The van der Waals surface area contributed by atoms with Crippen LogP contribution in [-0.2, 0) is 28.1 Å². The molecule has 0 radical (unpaired) electrons. The van der Waals surface area contributed by atoms with Crippen molar-refractivity contribution in [2.24, 2.45) is 0 Å². The van der Waals surface area contributed by atoms with Gasteiger partial charge in [0.05, 0.1) is 5.69 Å². The summed E-state index contributed by atoms with van der Waals surface area (Å²) in [6, 6.07) is 2.87. The van der Waals surface area contributed by atoms with Gasteiger partial charge in [0.15, 0.2) is 0 Å². The number of hydrogen-bond acceptors (Lipinski definition) is 4. The predicted octanol–water partition coefficient (Wildman–Crippen LogP) is 3.39. The minimum atomic E-state index is -4.82. The molecule has 4 rings (SSSR count). The van der Waals surface area contributed by atoms with Gasteiger partial charge in [0.1, 0.15) is 29.8 Å². The average molecular weight is 553 g/mol. The fourth-order valence-corrected chi connectivity index (χ4v) is 4.71. The van der Waals surface area contributed by atoms with Crippen molar-refractivity contribution in [1.29, 1.82) is 0 Å². The number of urea groups is 2. The van der Waals surface area contributed by atoms with Gasteiger partial charge in [-0.25, -0.2) is 18.4 Å². The molecule has 0 aromatic heterocycles. The van der Waals surface area contributed by atoms with Crippen LogP contribution in [0.15, 0.2) is 36.4 Å². The van der Waals surface area contributed by atoms with Crippen LogP contribution in [0.25, 0.3) is 0 Å². The summed E-state index contributed by atoms with van der Waals surface area (Å²) in [6.07, 6.45) is -4.59. The van der Waals surface area contributed by atoms with E-state index in [0.29, 0.717) is 15.4 Å². The standard InChI is InChI=1S/C25H24F5N5O4/c1-13(25(28,29)30)34(11-14-3-5-16(26)6-4-14)20(36)12-35-21(37)24(33-23(35)39)8-7-15-9-19(32-22(38)31-2)18(27)10-17(15)24/h3-6,9-10,13H,7-8,11-12H2,1-2H3,(H,33,39)(H2,31,32,38)/t13-,24?/m0/s1. The molecule has 14 heteroatoms. The number of rotatable bonds is 6. The first kappa shape index (κ1) is 27.8. The second-order valence-electron chi connectivity index (χ2n) is 9.29. The summed E-state index contributed by atoms with van der Waals surface area (Å²) in [4.78, 5) is 51.9. The Morgan fingerprint density at radius 3 is 2.44 bits per heavy atom. The van der Waals surface area contributed by atoms with Gasteiger partial charge in [0.2, 0.25) is 5.91 Å². The van der Waals surface area contributed by atoms with Gasteiger partial charge in [-0.3, -0.25) is 14.5 Å². The van der Waals surface area contributed by atoms with E-state index in [0.717, 1.165) is 25.1 Å². The zero-order chi connectivity index (χ0) is 28.7. The average Bonchev–Trinajstić information content (AvgIpc) is 3.34. The molecule has 208 valence electrons. The minimum Gasteiger partial charge on any atom is -0.341 e. The van der Waals surface area contributed by atoms with E-state index < -0.39 is 66.4 Å². The molecular formula is C25H24F5N5O4. The fraction of sp³-hybridized carbons (Fsp3) is 0.360. The van der Waals surface area contributed by atoms with Crippen LogP contribution in [0.5, 0.6) is 0 Å². The van der Waals surface area contributed by atoms with Gasteiger partial charge in [0, 0.05) is 13.6 Å². The molecule has 0 saturated carbocycles. The van der Waals surface area contributed by atoms with Gasteiger partial charge < -0.3 is 20.9 Å². The molecule has 1 unspecified atom stereocenters. The van der Waals surface area contributed by atoms with Crippen molar-refractivity contribution in [1.82, 2.24) is 20.4 Å². The maximum absolute atomic E-state index is 14.8. The Bertz CT molecular complexity index is 1330. The van der Waals surface area contributed by atoms with Crippen molar-refractivity contribution in [3.05, 3.63) is 64.7 Å². The van der Waals surface area contributed by atoms with E-state index in [4.69, 9.17) is 0 Å². The highest BCUT2D eigenvalue weighted by atomic mass is 19.4. The lowest BCUT2D eigenvalue weighted by Crippen LogP contribution is -2.51. The Kier molecular flexibility index (Phi) is 7.23. The molecule has 2 aromatic rings. The van der Waals surface area contributed by atoms with Crippen LogP contribution in [-0.4, -0.2) is 59.5 Å². The van der Waals surface area contributed by atoms with Gasteiger partial charge in [-0.15, -0.1) is 0 Å². The lowest BCUT2D eigenvalue weighted by atomic mass is 9.91. The molecule has 1 aliphatic heterocycles. The van der Waals surface area contributed by atoms with E-state index in [-0.39, 0.29) is 29.7 Å². The van der Waals surface area contributed by atoms with E-state index in [1.54, 1.807) is 0 Å². The number of imide groups is 1. The molecule has 1 spiro atoms. The molecular weight excluding hydrogens is 529 g/mol. The van der Waals surface area contributed by atoms with Crippen LogP contribution in [0, 0.1) is 11.6 Å². The Hall–Kier alpha value is -4.23. The topological polar surface area (TPSA) is 111 Å². The number of carbonyl (C=O) groups is 4. The second-order valence-corrected chi connectivity index (χ2v) is 9.29. The number of halogens is 5. The summed E-state index contributed by atoms with van der Waals surface area (Å²) >= 11 is 0. The number of hydrogen-bond donors (Lipinski definition) is 3. The third-order valence-corrected chi connectivity index (χ3v) is 6.89. The number of nitrogens with zero attached hydrogens (tertiary/aromatic N) is 2. The Labute approximate surface area is 219 Å².